The van der Waals surface area contributed by atoms with Crippen LogP contribution in [0.15, 0.2) is 47.5 Å². The Bertz CT molecular complexity index is 846. The Morgan fingerprint density at radius 2 is 2.00 bits per heavy atom. The Balaban J connectivity index is 1.75. The molecule has 0 atom stereocenters. The predicted octanol–water partition coefficient (Wildman–Crippen LogP) is 1.38. The quantitative estimate of drug-likeness (QED) is 0.828. The van der Waals surface area contributed by atoms with Gasteiger partial charge in [0, 0.05) is 32.0 Å². The molecule has 7 nitrogen and oxygen atoms in total. The van der Waals surface area contributed by atoms with Gasteiger partial charge in [0.1, 0.15) is 12.3 Å². The number of para-hydroxylation sites is 2. The molecule has 26 heavy (non-hydrogen) atoms. The SMILES string of the molecule is COc1ccccc1N1CCN(C(=O)Cn2cccnc2=O)CC1(C)C. The third-order valence-electron chi connectivity index (χ3n) is 4.72. The van der Waals surface area contributed by atoms with Gasteiger partial charge in [-0.25, -0.2) is 9.78 Å². The number of methoxy groups -OCH3 is 1. The lowest BCUT2D eigenvalue weighted by atomic mass is 9.97. The van der Waals surface area contributed by atoms with Gasteiger partial charge < -0.3 is 14.5 Å². The van der Waals surface area contributed by atoms with Crippen molar-refractivity contribution in [1.82, 2.24) is 14.5 Å². The van der Waals surface area contributed by atoms with Crippen molar-refractivity contribution in [2.45, 2.75) is 25.9 Å². The molecule has 0 spiro atoms. The first-order valence-electron chi connectivity index (χ1n) is 8.62. The largest absolute Gasteiger partial charge is 0.495 e. The maximum atomic E-state index is 12.7. The standard InChI is InChI=1S/C19H24N4O3/c1-19(2)14-22(17(24)13-21-10-6-9-20-18(21)25)11-12-23(19)15-7-4-5-8-16(15)26-3/h4-10H,11-14H2,1-3H3. The summed E-state index contributed by atoms with van der Waals surface area (Å²) < 4.78 is 6.83. The predicted molar refractivity (Wildman–Crippen MR) is 99.5 cm³/mol. The van der Waals surface area contributed by atoms with Crippen LogP contribution in [0.2, 0.25) is 0 Å². The summed E-state index contributed by atoms with van der Waals surface area (Å²) in [6.45, 7) is 6.08. The van der Waals surface area contributed by atoms with Gasteiger partial charge in [-0.2, -0.15) is 0 Å². The topological polar surface area (TPSA) is 67.7 Å². The second kappa shape index (κ2) is 7.19. The molecular formula is C19H24N4O3. The fourth-order valence-corrected chi connectivity index (χ4v) is 3.42. The molecule has 2 heterocycles. The minimum Gasteiger partial charge on any atom is -0.495 e. The Kier molecular flexibility index (Phi) is 4.97. The number of amides is 1. The van der Waals surface area contributed by atoms with Crippen LogP contribution >= 0.6 is 0 Å². The van der Waals surface area contributed by atoms with Gasteiger partial charge in [-0.05, 0) is 32.0 Å². The van der Waals surface area contributed by atoms with Gasteiger partial charge in [0.25, 0.3) is 0 Å². The van der Waals surface area contributed by atoms with Gasteiger partial charge in [0.15, 0.2) is 0 Å². The van der Waals surface area contributed by atoms with Gasteiger partial charge in [-0.1, -0.05) is 12.1 Å². The van der Waals surface area contributed by atoms with E-state index in [9.17, 15) is 9.59 Å². The highest BCUT2D eigenvalue weighted by molar-refractivity contribution is 5.76. The van der Waals surface area contributed by atoms with E-state index in [1.54, 1.807) is 19.4 Å². The third kappa shape index (κ3) is 3.56. The molecule has 0 radical (unpaired) electrons. The maximum absolute atomic E-state index is 12.7. The third-order valence-corrected chi connectivity index (χ3v) is 4.72. The number of ether oxygens (including phenoxy) is 1. The summed E-state index contributed by atoms with van der Waals surface area (Å²) in [5.41, 5.74) is 0.353. The number of aromatic nitrogens is 2. The second-order valence-corrected chi connectivity index (χ2v) is 6.98. The van der Waals surface area contributed by atoms with E-state index >= 15 is 0 Å². The first kappa shape index (κ1) is 18.0. The minimum atomic E-state index is -0.409. The number of benzene rings is 1. The molecule has 0 aliphatic carbocycles. The fourth-order valence-electron chi connectivity index (χ4n) is 3.42. The van der Waals surface area contributed by atoms with Crippen LogP contribution in [0.1, 0.15) is 13.8 Å². The number of rotatable bonds is 4. The van der Waals surface area contributed by atoms with Gasteiger partial charge in [-0.15, -0.1) is 0 Å². The van der Waals surface area contributed by atoms with Crippen LogP contribution < -0.4 is 15.3 Å². The van der Waals surface area contributed by atoms with Crippen molar-refractivity contribution in [1.29, 1.82) is 0 Å². The number of hydrogen-bond donors (Lipinski definition) is 0. The van der Waals surface area contributed by atoms with Gasteiger partial charge in [0.2, 0.25) is 5.91 Å². The van der Waals surface area contributed by atoms with Crippen LogP contribution in [0.3, 0.4) is 0 Å². The van der Waals surface area contributed by atoms with E-state index in [2.05, 4.69) is 23.7 Å². The van der Waals surface area contributed by atoms with Crippen LogP contribution in [0.25, 0.3) is 0 Å². The van der Waals surface area contributed by atoms with E-state index in [1.165, 1.54) is 10.8 Å². The number of anilines is 1. The molecule has 1 aliphatic heterocycles. The summed E-state index contributed by atoms with van der Waals surface area (Å²) >= 11 is 0. The molecule has 2 aromatic rings. The Morgan fingerprint density at radius 1 is 1.23 bits per heavy atom. The van der Waals surface area contributed by atoms with E-state index in [1.807, 2.05) is 29.2 Å². The molecule has 1 saturated heterocycles. The first-order valence-corrected chi connectivity index (χ1v) is 8.62. The molecule has 0 N–H and O–H groups in total. The molecule has 0 unspecified atom stereocenters. The second-order valence-electron chi connectivity index (χ2n) is 6.98. The maximum Gasteiger partial charge on any atom is 0.347 e. The summed E-state index contributed by atoms with van der Waals surface area (Å²) in [6.07, 6.45) is 3.02. The molecule has 3 rings (SSSR count). The zero-order valence-corrected chi connectivity index (χ0v) is 15.4. The Hall–Kier alpha value is -2.83. The molecular weight excluding hydrogens is 332 g/mol. The molecule has 7 heteroatoms. The molecule has 1 aliphatic rings. The number of piperazine rings is 1. The lowest BCUT2D eigenvalue weighted by Crippen LogP contribution is -2.61. The zero-order chi connectivity index (χ0) is 18.7. The number of nitrogens with zero attached hydrogens (tertiary/aromatic N) is 4. The number of carbonyl (C=O) groups is 1. The van der Waals surface area contributed by atoms with Crippen molar-refractivity contribution in [3.8, 4) is 5.75 Å². The average molecular weight is 356 g/mol. The smallest absolute Gasteiger partial charge is 0.347 e. The fraction of sp³-hybridized carbons (Fsp3) is 0.421. The van der Waals surface area contributed by atoms with Crippen LogP contribution in [0.4, 0.5) is 5.69 Å². The Morgan fingerprint density at radius 3 is 2.69 bits per heavy atom. The van der Waals surface area contributed by atoms with Gasteiger partial charge in [0.05, 0.1) is 18.3 Å². The van der Waals surface area contributed by atoms with Crippen molar-refractivity contribution < 1.29 is 9.53 Å². The lowest BCUT2D eigenvalue weighted by molar-refractivity contribution is -0.133. The van der Waals surface area contributed by atoms with E-state index in [4.69, 9.17) is 4.74 Å². The summed E-state index contributed by atoms with van der Waals surface area (Å²) in [6, 6.07) is 9.56. The summed E-state index contributed by atoms with van der Waals surface area (Å²) in [5.74, 6) is 0.745. The summed E-state index contributed by atoms with van der Waals surface area (Å²) in [7, 11) is 1.66. The van der Waals surface area contributed by atoms with Crippen molar-refractivity contribution in [2.24, 2.45) is 0 Å². The molecule has 1 fully saturated rings. The Labute approximate surface area is 152 Å². The molecule has 1 amide bonds. The lowest BCUT2D eigenvalue weighted by Gasteiger charge is -2.48. The molecule has 1 aromatic heterocycles. The highest BCUT2D eigenvalue weighted by Gasteiger charge is 2.36. The molecule has 0 bridgehead atoms. The molecule has 138 valence electrons. The van der Waals surface area contributed by atoms with E-state index in [-0.39, 0.29) is 18.0 Å². The zero-order valence-electron chi connectivity index (χ0n) is 15.4. The average Bonchev–Trinajstić information content (AvgIpc) is 2.62. The van der Waals surface area contributed by atoms with Crippen LogP contribution in [0, 0.1) is 0 Å². The van der Waals surface area contributed by atoms with Crippen LogP contribution in [-0.4, -0.2) is 52.6 Å². The van der Waals surface area contributed by atoms with Crippen molar-refractivity contribution in [2.75, 3.05) is 31.6 Å². The monoisotopic (exact) mass is 356 g/mol. The van der Waals surface area contributed by atoms with E-state index in [0.29, 0.717) is 19.6 Å². The van der Waals surface area contributed by atoms with E-state index in [0.717, 1.165) is 11.4 Å². The summed E-state index contributed by atoms with van der Waals surface area (Å²) in [5, 5.41) is 0. The molecule has 0 saturated carbocycles. The number of carbonyl (C=O) groups excluding carboxylic acids is 1. The van der Waals surface area contributed by atoms with Gasteiger partial charge >= 0.3 is 5.69 Å². The normalized spacial score (nSPS) is 16.4. The van der Waals surface area contributed by atoms with Crippen LogP contribution in [0.5, 0.6) is 5.75 Å². The summed E-state index contributed by atoms with van der Waals surface area (Å²) in [4.78, 5) is 32.2. The highest BCUT2D eigenvalue weighted by Crippen LogP contribution is 2.34. The molecule has 1 aromatic carbocycles. The van der Waals surface area contributed by atoms with Gasteiger partial charge in [-0.3, -0.25) is 9.36 Å². The number of hydrogen-bond acceptors (Lipinski definition) is 5. The minimum absolute atomic E-state index is 0.0113. The van der Waals surface area contributed by atoms with E-state index < -0.39 is 5.69 Å². The van der Waals surface area contributed by atoms with Crippen molar-refractivity contribution in [3.63, 3.8) is 0 Å². The van der Waals surface area contributed by atoms with Crippen LogP contribution in [-0.2, 0) is 11.3 Å². The van der Waals surface area contributed by atoms with Crippen molar-refractivity contribution in [3.05, 3.63) is 53.2 Å². The highest BCUT2D eigenvalue weighted by atomic mass is 16.5. The van der Waals surface area contributed by atoms with Crippen molar-refractivity contribution >= 4 is 11.6 Å². The first-order chi connectivity index (χ1) is 12.4.